The van der Waals surface area contributed by atoms with E-state index in [-0.39, 0.29) is 0 Å². The monoisotopic (exact) mass is 378 g/mol. The summed E-state index contributed by atoms with van der Waals surface area (Å²) in [7, 11) is -3.29. The van der Waals surface area contributed by atoms with Crippen LogP contribution in [0.1, 0.15) is 5.56 Å². The number of rotatable bonds is 4. The van der Waals surface area contributed by atoms with Gasteiger partial charge in [0.25, 0.3) is 0 Å². The van der Waals surface area contributed by atoms with E-state index in [9.17, 15) is 8.42 Å². The summed E-state index contributed by atoms with van der Waals surface area (Å²) in [5, 5.41) is 5.71. The van der Waals surface area contributed by atoms with Crippen molar-refractivity contribution < 1.29 is 13.4 Å². The van der Waals surface area contributed by atoms with Crippen LogP contribution in [-0.4, -0.2) is 14.7 Å². The van der Waals surface area contributed by atoms with Crippen LogP contribution in [0.15, 0.2) is 66.7 Å². The fourth-order valence-corrected chi connectivity index (χ4v) is 3.75. The van der Waals surface area contributed by atoms with Crippen LogP contribution in [0, 0.1) is 6.92 Å². The zero-order valence-corrected chi connectivity index (χ0v) is 15.9. The van der Waals surface area contributed by atoms with E-state index in [0.717, 1.165) is 39.4 Å². The molecule has 1 aromatic heterocycles. The molecule has 0 spiro atoms. The molecule has 0 aliphatic heterocycles. The number of nitrogens with one attached hydrogen (secondary N) is 3. The number of para-hydroxylation sites is 1. The topological polar surface area (TPSA) is 72.3 Å². The van der Waals surface area contributed by atoms with Gasteiger partial charge in [0.2, 0.25) is 21.1 Å². The van der Waals surface area contributed by atoms with Crippen molar-refractivity contribution in [1.82, 2.24) is 0 Å². The van der Waals surface area contributed by atoms with Crippen LogP contribution < -0.4 is 15.0 Å². The smallest absolute Gasteiger partial charge is 0.229 e. The van der Waals surface area contributed by atoms with Crippen molar-refractivity contribution in [2.75, 3.05) is 16.3 Å². The quantitative estimate of drug-likeness (QED) is 0.522. The Bertz CT molecular complexity index is 1250. The Kier molecular flexibility index (Phi) is 4.20. The zero-order valence-electron chi connectivity index (χ0n) is 15.1. The molecule has 0 saturated carbocycles. The van der Waals surface area contributed by atoms with Crippen molar-refractivity contribution in [2.24, 2.45) is 0 Å². The molecular formula is C21H20N3O2S+. The number of aromatic nitrogens is 1. The van der Waals surface area contributed by atoms with E-state index in [1.54, 1.807) is 12.1 Å². The Morgan fingerprint density at radius 3 is 2.22 bits per heavy atom. The van der Waals surface area contributed by atoms with Gasteiger partial charge in [0.15, 0.2) is 0 Å². The molecule has 5 nitrogen and oxygen atoms in total. The van der Waals surface area contributed by atoms with Gasteiger partial charge in [-0.3, -0.25) is 4.72 Å². The number of pyridine rings is 1. The van der Waals surface area contributed by atoms with Gasteiger partial charge in [0.1, 0.15) is 0 Å². The maximum atomic E-state index is 11.4. The van der Waals surface area contributed by atoms with Gasteiger partial charge in [-0.1, -0.05) is 18.2 Å². The van der Waals surface area contributed by atoms with Crippen molar-refractivity contribution in [3.8, 4) is 0 Å². The first-order chi connectivity index (χ1) is 12.9. The Balaban J connectivity index is 1.81. The number of H-pyrrole nitrogens is 1. The summed E-state index contributed by atoms with van der Waals surface area (Å²) >= 11 is 0. The minimum absolute atomic E-state index is 0.537. The summed E-state index contributed by atoms with van der Waals surface area (Å²) in [6.45, 7) is 2.07. The predicted octanol–water partition coefficient (Wildman–Crippen LogP) is 4.23. The van der Waals surface area contributed by atoms with Crippen LogP contribution in [-0.2, 0) is 10.0 Å². The molecule has 4 aromatic rings. The largest absolute Gasteiger partial charge is 0.354 e. The second kappa shape index (κ2) is 6.55. The Hall–Kier alpha value is -3.12. The molecule has 0 atom stereocenters. The normalized spacial score (nSPS) is 11.6. The van der Waals surface area contributed by atoms with E-state index in [1.165, 1.54) is 5.56 Å². The van der Waals surface area contributed by atoms with Crippen LogP contribution in [0.5, 0.6) is 0 Å². The van der Waals surface area contributed by atoms with Gasteiger partial charge in [-0.05, 0) is 48.9 Å². The fourth-order valence-electron chi connectivity index (χ4n) is 3.19. The van der Waals surface area contributed by atoms with Gasteiger partial charge in [0, 0.05) is 23.5 Å². The zero-order chi connectivity index (χ0) is 19.0. The molecule has 3 N–H and O–H groups in total. The van der Waals surface area contributed by atoms with Crippen LogP contribution in [0.4, 0.5) is 17.1 Å². The molecule has 0 aliphatic carbocycles. The van der Waals surface area contributed by atoms with E-state index < -0.39 is 10.0 Å². The summed E-state index contributed by atoms with van der Waals surface area (Å²) in [6, 6.07) is 21.7. The minimum atomic E-state index is -3.29. The Morgan fingerprint density at radius 2 is 1.48 bits per heavy atom. The van der Waals surface area contributed by atoms with Gasteiger partial charge >= 0.3 is 0 Å². The molecule has 0 aliphatic rings. The van der Waals surface area contributed by atoms with Crippen molar-refractivity contribution in [3.63, 3.8) is 0 Å². The predicted molar refractivity (Wildman–Crippen MR) is 111 cm³/mol. The molecule has 3 aromatic carbocycles. The number of benzene rings is 3. The molecule has 27 heavy (non-hydrogen) atoms. The average Bonchev–Trinajstić information content (AvgIpc) is 2.62. The van der Waals surface area contributed by atoms with E-state index in [1.807, 2.05) is 24.3 Å². The van der Waals surface area contributed by atoms with Crippen LogP contribution in [0.25, 0.3) is 21.8 Å². The summed E-state index contributed by atoms with van der Waals surface area (Å²) in [5.74, 6) is 0. The highest BCUT2D eigenvalue weighted by Crippen LogP contribution is 2.32. The molecule has 0 unspecified atom stereocenters. The molecular weight excluding hydrogens is 358 g/mol. The number of fused-ring (bicyclic) bond motifs is 2. The molecule has 6 heteroatoms. The lowest BCUT2D eigenvalue weighted by Crippen LogP contribution is -2.09. The SMILES string of the molecule is Cc1ccc2[nH+]c3ccccc3c(Nc3ccc(NS(C)(=O)=O)cc3)c2c1. The van der Waals surface area contributed by atoms with E-state index in [4.69, 9.17) is 0 Å². The molecule has 0 fully saturated rings. The second-order valence-corrected chi connectivity index (χ2v) is 8.42. The van der Waals surface area contributed by atoms with Crippen molar-refractivity contribution in [3.05, 3.63) is 72.3 Å². The van der Waals surface area contributed by atoms with Gasteiger partial charge in [0.05, 0.1) is 22.7 Å². The summed E-state index contributed by atoms with van der Waals surface area (Å²) in [6.07, 6.45) is 1.14. The van der Waals surface area contributed by atoms with Gasteiger partial charge in [-0.2, -0.15) is 0 Å². The lowest BCUT2D eigenvalue weighted by atomic mass is 10.1. The highest BCUT2D eigenvalue weighted by atomic mass is 32.2. The van der Waals surface area contributed by atoms with E-state index in [0.29, 0.717) is 5.69 Å². The Morgan fingerprint density at radius 1 is 0.815 bits per heavy atom. The molecule has 0 bridgehead atoms. The maximum absolute atomic E-state index is 11.4. The Labute approximate surface area is 158 Å². The summed E-state index contributed by atoms with van der Waals surface area (Å²) < 4.78 is 25.2. The average molecular weight is 378 g/mol. The summed E-state index contributed by atoms with van der Waals surface area (Å²) in [4.78, 5) is 3.48. The third kappa shape index (κ3) is 3.71. The van der Waals surface area contributed by atoms with Crippen molar-refractivity contribution in [1.29, 1.82) is 0 Å². The van der Waals surface area contributed by atoms with Crippen LogP contribution in [0.2, 0.25) is 0 Å². The van der Waals surface area contributed by atoms with Crippen molar-refractivity contribution in [2.45, 2.75) is 6.92 Å². The first kappa shape index (κ1) is 17.3. The highest BCUT2D eigenvalue weighted by molar-refractivity contribution is 7.92. The summed E-state index contributed by atoms with van der Waals surface area (Å²) in [5.41, 5.74) is 5.72. The molecule has 0 saturated heterocycles. The number of hydrogen-bond acceptors (Lipinski definition) is 3. The number of sulfonamides is 1. The fraction of sp³-hybridized carbons (Fsp3) is 0.0952. The highest BCUT2D eigenvalue weighted by Gasteiger charge is 2.14. The minimum Gasteiger partial charge on any atom is -0.354 e. The number of aryl methyl sites for hydroxylation is 1. The molecule has 1 heterocycles. The van der Waals surface area contributed by atoms with Gasteiger partial charge < -0.3 is 5.32 Å². The third-order valence-electron chi connectivity index (χ3n) is 4.37. The third-order valence-corrected chi connectivity index (χ3v) is 4.97. The van der Waals surface area contributed by atoms with Crippen molar-refractivity contribution >= 4 is 48.9 Å². The molecule has 0 amide bonds. The molecule has 0 radical (unpaired) electrons. The van der Waals surface area contributed by atoms with Crippen LogP contribution >= 0.6 is 0 Å². The number of aromatic amines is 1. The molecule has 4 rings (SSSR count). The first-order valence-electron chi connectivity index (χ1n) is 8.58. The van der Waals surface area contributed by atoms with E-state index >= 15 is 0 Å². The standard InChI is InChI=1S/C21H19N3O2S/c1-14-7-12-20-18(13-14)21(17-5-3-4-6-19(17)23-20)22-15-8-10-16(11-9-15)24-27(2,25)26/h3-13,24H,1-2H3,(H,22,23)/p+1. The lowest BCUT2D eigenvalue weighted by Gasteiger charge is -2.12. The molecule has 136 valence electrons. The van der Waals surface area contributed by atoms with Gasteiger partial charge in [-0.15, -0.1) is 0 Å². The first-order valence-corrected chi connectivity index (χ1v) is 10.5. The van der Waals surface area contributed by atoms with E-state index in [2.05, 4.69) is 52.3 Å². The maximum Gasteiger partial charge on any atom is 0.229 e. The second-order valence-electron chi connectivity index (χ2n) is 6.67. The lowest BCUT2D eigenvalue weighted by molar-refractivity contribution is -0.310. The van der Waals surface area contributed by atoms with Gasteiger partial charge in [-0.25, -0.2) is 13.4 Å². The number of hydrogen-bond donors (Lipinski definition) is 2. The van der Waals surface area contributed by atoms with Crippen LogP contribution in [0.3, 0.4) is 0 Å². The number of anilines is 3.